The summed E-state index contributed by atoms with van der Waals surface area (Å²) in [6.07, 6.45) is 1.92. The predicted molar refractivity (Wildman–Crippen MR) is 63.1 cm³/mol. The van der Waals surface area contributed by atoms with Crippen molar-refractivity contribution < 1.29 is 4.79 Å². The van der Waals surface area contributed by atoms with Gasteiger partial charge in [0.15, 0.2) is 5.78 Å². The maximum atomic E-state index is 11.8. The second kappa shape index (κ2) is 5.30. The fourth-order valence-electron chi connectivity index (χ4n) is 1.36. The summed E-state index contributed by atoms with van der Waals surface area (Å²) in [6, 6.07) is 7.74. The molecule has 0 radical (unpaired) electrons. The van der Waals surface area contributed by atoms with Gasteiger partial charge in [-0.2, -0.15) is 0 Å². The molecule has 0 saturated heterocycles. The summed E-state index contributed by atoms with van der Waals surface area (Å²) < 4.78 is 0. The summed E-state index contributed by atoms with van der Waals surface area (Å²) in [5.74, 6) is 0.190. The van der Waals surface area contributed by atoms with E-state index in [9.17, 15) is 4.79 Å². The molecule has 0 aliphatic heterocycles. The van der Waals surface area contributed by atoms with E-state index >= 15 is 0 Å². The van der Waals surface area contributed by atoms with Crippen LogP contribution < -0.4 is 0 Å². The van der Waals surface area contributed by atoms with Gasteiger partial charge in [0.25, 0.3) is 0 Å². The molecule has 1 aromatic carbocycles. The molecule has 1 atom stereocenters. The Labute approximate surface area is 93.7 Å². The van der Waals surface area contributed by atoms with Gasteiger partial charge in [-0.15, -0.1) is 0 Å². The van der Waals surface area contributed by atoms with Gasteiger partial charge in [0.2, 0.25) is 0 Å². The van der Waals surface area contributed by atoms with E-state index in [0.29, 0.717) is 0 Å². The van der Waals surface area contributed by atoms with Crippen molar-refractivity contribution in [3.63, 3.8) is 0 Å². The Morgan fingerprint density at radius 3 is 2.79 bits per heavy atom. The first kappa shape index (κ1) is 11.4. The van der Waals surface area contributed by atoms with Crippen molar-refractivity contribution in [2.75, 3.05) is 0 Å². The van der Waals surface area contributed by atoms with Crippen LogP contribution in [0.25, 0.3) is 0 Å². The molecule has 0 aromatic heterocycles. The number of hydrogen-bond donors (Lipinski definition) is 0. The van der Waals surface area contributed by atoms with E-state index in [-0.39, 0.29) is 10.6 Å². The lowest BCUT2D eigenvalue weighted by atomic mass is 10.0. The standard InChI is InChI=1S/C12H15BrO/c1-3-5-11(13)12(14)10-7-4-6-9(2)8-10/h4,6-8,11H,3,5H2,1-2H3. The van der Waals surface area contributed by atoms with Crippen LogP contribution >= 0.6 is 15.9 Å². The van der Waals surface area contributed by atoms with Gasteiger partial charge in [0.1, 0.15) is 0 Å². The first-order valence-corrected chi connectivity index (χ1v) is 5.81. The summed E-state index contributed by atoms with van der Waals surface area (Å²) in [6.45, 7) is 4.08. The quantitative estimate of drug-likeness (QED) is 0.591. The minimum atomic E-state index is -0.0331. The van der Waals surface area contributed by atoms with Crippen LogP contribution in [0, 0.1) is 6.92 Å². The van der Waals surface area contributed by atoms with Gasteiger partial charge in [0.05, 0.1) is 4.83 Å². The molecule has 14 heavy (non-hydrogen) atoms. The molecule has 0 saturated carbocycles. The molecule has 1 nitrogen and oxygen atoms in total. The molecule has 76 valence electrons. The lowest BCUT2D eigenvalue weighted by Crippen LogP contribution is -2.13. The van der Waals surface area contributed by atoms with Gasteiger partial charge < -0.3 is 0 Å². The van der Waals surface area contributed by atoms with E-state index in [1.807, 2.05) is 31.2 Å². The van der Waals surface area contributed by atoms with E-state index in [4.69, 9.17) is 0 Å². The maximum absolute atomic E-state index is 11.8. The Kier molecular flexibility index (Phi) is 4.33. The smallest absolute Gasteiger partial charge is 0.176 e. The van der Waals surface area contributed by atoms with E-state index in [1.165, 1.54) is 0 Å². The number of benzene rings is 1. The number of rotatable bonds is 4. The molecule has 1 unspecified atom stereocenters. The topological polar surface area (TPSA) is 17.1 Å². The molecule has 2 heteroatoms. The Hall–Kier alpha value is -0.630. The molecule has 0 fully saturated rings. The van der Waals surface area contributed by atoms with E-state index in [1.54, 1.807) is 0 Å². The van der Waals surface area contributed by atoms with Gasteiger partial charge in [-0.3, -0.25) is 4.79 Å². The molecule has 0 amide bonds. The van der Waals surface area contributed by atoms with Crippen molar-refractivity contribution in [1.29, 1.82) is 0 Å². The highest BCUT2D eigenvalue weighted by Crippen LogP contribution is 2.15. The molecule has 0 bridgehead atoms. The van der Waals surface area contributed by atoms with Crippen molar-refractivity contribution in [2.45, 2.75) is 31.5 Å². The van der Waals surface area contributed by atoms with Crippen LogP contribution in [0.2, 0.25) is 0 Å². The molecule has 1 aromatic rings. The highest BCUT2D eigenvalue weighted by molar-refractivity contribution is 9.10. The number of carbonyl (C=O) groups is 1. The van der Waals surface area contributed by atoms with Crippen LogP contribution in [-0.2, 0) is 0 Å². The second-order valence-electron chi connectivity index (χ2n) is 3.49. The zero-order valence-corrected chi connectivity index (χ0v) is 10.2. The Morgan fingerprint density at radius 1 is 1.50 bits per heavy atom. The Morgan fingerprint density at radius 2 is 2.21 bits per heavy atom. The molecular formula is C12H15BrO. The minimum Gasteiger partial charge on any atom is -0.293 e. The zero-order valence-electron chi connectivity index (χ0n) is 8.59. The third kappa shape index (κ3) is 2.95. The number of Topliss-reactive ketones (excluding diaryl/α,β-unsaturated/α-hetero) is 1. The third-order valence-electron chi connectivity index (χ3n) is 2.13. The fraction of sp³-hybridized carbons (Fsp3) is 0.417. The SMILES string of the molecule is CCCC(Br)C(=O)c1cccc(C)c1. The number of ketones is 1. The maximum Gasteiger partial charge on any atom is 0.176 e. The van der Waals surface area contributed by atoms with E-state index < -0.39 is 0 Å². The molecular weight excluding hydrogens is 240 g/mol. The normalized spacial score (nSPS) is 12.5. The molecule has 0 heterocycles. The van der Waals surface area contributed by atoms with Crippen LogP contribution in [0.3, 0.4) is 0 Å². The summed E-state index contributed by atoms with van der Waals surface area (Å²) in [5.41, 5.74) is 1.94. The predicted octanol–water partition coefficient (Wildman–Crippen LogP) is 3.74. The highest BCUT2D eigenvalue weighted by atomic mass is 79.9. The van der Waals surface area contributed by atoms with Crippen LogP contribution in [0.15, 0.2) is 24.3 Å². The first-order chi connectivity index (χ1) is 6.65. The average Bonchev–Trinajstić information content (AvgIpc) is 2.17. The number of carbonyl (C=O) groups excluding carboxylic acids is 1. The van der Waals surface area contributed by atoms with Crippen molar-refractivity contribution in [3.8, 4) is 0 Å². The summed E-state index contributed by atoms with van der Waals surface area (Å²) in [5, 5.41) is 0. The molecule has 0 aliphatic rings. The largest absolute Gasteiger partial charge is 0.293 e. The van der Waals surface area contributed by atoms with Crippen molar-refractivity contribution in [2.24, 2.45) is 0 Å². The van der Waals surface area contributed by atoms with Crippen LogP contribution in [0.1, 0.15) is 35.7 Å². The summed E-state index contributed by atoms with van der Waals surface area (Å²) in [4.78, 5) is 11.8. The zero-order chi connectivity index (χ0) is 10.6. The lowest BCUT2D eigenvalue weighted by molar-refractivity contribution is 0.0988. The summed E-state index contributed by atoms with van der Waals surface area (Å²) >= 11 is 3.42. The van der Waals surface area contributed by atoms with Crippen molar-refractivity contribution >= 4 is 21.7 Å². The monoisotopic (exact) mass is 254 g/mol. The van der Waals surface area contributed by atoms with Crippen molar-refractivity contribution in [1.82, 2.24) is 0 Å². The van der Waals surface area contributed by atoms with Crippen molar-refractivity contribution in [3.05, 3.63) is 35.4 Å². The van der Waals surface area contributed by atoms with E-state index in [2.05, 4.69) is 22.9 Å². The molecule has 1 rings (SSSR count). The van der Waals surface area contributed by atoms with Gasteiger partial charge in [-0.1, -0.05) is 53.0 Å². The van der Waals surface area contributed by atoms with Gasteiger partial charge in [-0.05, 0) is 19.4 Å². The first-order valence-electron chi connectivity index (χ1n) is 4.90. The number of alkyl halides is 1. The van der Waals surface area contributed by atoms with Gasteiger partial charge >= 0.3 is 0 Å². The third-order valence-corrected chi connectivity index (χ3v) is 3.00. The number of aryl methyl sites for hydroxylation is 1. The molecule has 0 spiro atoms. The van der Waals surface area contributed by atoms with Crippen LogP contribution in [-0.4, -0.2) is 10.6 Å². The Bertz CT molecular complexity index is 320. The average molecular weight is 255 g/mol. The van der Waals surface area contributed by atoms with E-state index in [0.717, 1.165) is 24.0 Å². The Balaban J connectivity index is 2.78. The van der Waals surface area contributed by atoms with Crippen LogP contribution in [0.4, 0.5) is 0 Å². The molecule has 0 aliphatic carbocycles. The minimum absolute atomic E-state index is 0.0331. The number of halogens is 1. The summed E-state index contributed by atoms with van der Waals surface area (Å²) in [7, 11) is 0. The fourth-order valence-corrected chi connectivity index (χ4v) is 2.09. The molecule has 0 N–H and O–H groups in total. The van der Waals surface area contributed by atoms with Gasteiger partial charge in [-0.25, -0.2) is 0 Å². The van der Waals surface area contributed by atoms with Gasteiger partial charge in [0, 0.05) is 5.56 Å². The van der Waals surface area contributed by atoms with Crippen LogP contribution in [0.5, 0.6) is 0 Å². The highest BCUT2D eigenvalue weighted by Gasteiger charge is 2.15. The number of hydrogen-bond acceptors (Lipinski definition) is 1. The second-order valence-corrected chi connectivity index (χ2v) is 4.60. The lowest BCUT2D eigenvalue weighted by Gasteiger charge is -2.07.